The fourth-order valence-corrected chi connectivity index (χ4v) is 4.61. The number of fused-ring (bicyclic) bond motifs is 1. The van der Waals surface area contributed by atoms with E-state index in [9.17, 15) is 9.90 Å². The Morgan fingerprint density at radius 3 is 2.60 bits per heavy atom. The van der Waals surface area contributed by atoms with Crippen LogP contribution in [0, 0.1) is 0 Å². The number of aryl methyl sites for hydroxylation is 2. The van der Waals surface area contributed by atoms with E-state index in [1.807, 2.05) is 11.0 Å². The third-order valence-electron chi connectivity index (χ3n) is 6.53. The van der Waals surface area contributed by atoms with Gasteiger partial charge in [0.15, 0.2) is 5.69 Å². The number of likely N-dealkylation sites (tertiary alicyclic amines) is 1. The molecule has 0 bridgehead atoms. The first-order valence-corrected chi connectivity index (χ1v) is 11.4. The molecule has 3 heterocycles. The molecular formula is C24H34N4O2. The van der Waals surface area contributed by atoms with Gasteiger partial charge in [0.25, 0.3) is 5.91 Å². The molecule has 4 rings (SSSR count). The van der Waals surface area contributed by atoms with Crippen molar-refractivity contribution in [1.29, 1.82) is 0 Å². The number of nitrogens with zero attached hydrogens (tertiary/aromatic N) is 4. The molecule has 1 fully saturated rings. The summed E-state index contributed by atoms with van der Waals surface area (Å²) in [6, 6.07) is 11.0. The molecule has 2 aliphatic rings. The Morgan fingerprint density at radius 2 is 1.90 bits per heavy atom. The first-order valence-electron chi connectivity index (χ1n) is 11.4. The number of carbonyl (C=O) groups is 1. The summed E-state index contributed by atoms with van der Waals surface area (Å²) in [4.78, 5) is 17.6. The molecule has 0 saturated carbocycles. The summed E-state index contributed by atoms with van der Waals surface area (Å²) in [5, 5.41) is 14.6. The van der Waals surface area contributed by atoms with Crippen molar-refractivity contribution in [1.82, 2.24) is 19.6 Å². The van der Waals surface area contributed by atoms with Gasteiger partial charge < -0.3 is 10.0 Å². The molecule has 30 heavy (non-hydrogen) atoms. The topological polar surface area (TPSA) is 61.6 Å². The standard InChI is InChI=1S/C24H34N4O2/c1-18(2)27-16-12-22-21(17-27)23(24(30)26-14-10-20(29)11-15-26)25-28(22)13-6-9-19-7-4-3-5-8-19/h3-5,7-8,18,20,29H,6,9-17H2,1-2H3. The Labute approximate surface area is 179 Å². The van der Waals surface area contributed by atoms with Gasteiger partial charge >= 0.3 is 0 Å². The van der Waals surface area contributed by atoms with E-state index in [4.69, 9.17) is 5.10 Å². The molecule has 1 N–H and O–H groups in total. The average Bonchev–Trinajstić information content (AvgIpc) is 3.12. The summed E-state index contributed by atoms with van der Waals surface area (Å²) in [6.07, 6.45) is 4.00. The van der Waals surface area contributed by atoms with Crippen LogP contribution in [0.4, 0.5) is 0 Å². The molecule has 2 aliphatic heterocycles. The normalized spacial score (nSPS) is 18.1. The Morgan fingerprint density at radius 1 is 1.17 bits per heavy atom. The Kier molecular flexibility index (Phi) is 6.54. The monoisotopic (exact) mass is 410 g/mol. The molecule has 0 aliphatic carbocycles. The lowest BCUT2D eigenvalue weighted by Gasteiger charge is -2.32. The number of hydrogen-bond donors (Lipinski definition) is 1. The SMILES string of the molecule is CC(C)N1CCc2c(c(C(=O)N3CCC(O)CC3)nn2CCCc2ccccc2)C1. The van der Waals surface area contributed by atoms with Crippen molar-refractivity contribution in [3.8, 4) is 0 Å². The minimum atomic E-state index is -0.282. The van der Waals surface area contributed by atoms with Gasteiger partial charge in [-0.1, -0.05) is 30.3 Å². The van der Waals surface area contributed by atoms with Crippen molar-refractivity contribution in [2.45, 2.75) is 71.2 Å². The quantitative estimate of drug-likeness (QED) is 0.796. The van der Waals surface area contributed by atoms with Crippen LogP contribution >= 0.6 is 0 Å². The fraction of sp³-hybridized carbons (Fsp3) is 0.583. The number of rotatable bonds is 6. The third-order valence-corrected chi connectivity index (χ3v) is 6.53. The van der Waals surface area contributed by atoms with Gasteiger partial charge in [-0.05, 0) is 45.1 Å². The second-order valence-corrected chi connectivity index (χ2v) is 8.92. The molecular weight excluding hydrogens is 376 g/mol. The molecule has 0 unspecified atom stereocenters. The minimum Gasteiger partial charge on any atom is -0.393 e. The first-order chi connectivity index (χ1) is 14.5. The highest BCUT2D eigenvalue weighted by Gasteiger charge is 2.32. The number of amides is 1. The zero-order valence-corrected chi connectivity index (χ0v) is 18.3. The lowest BCUT2D eigenvalue weighted by atomic mass is 10.0. The van der Waals surface area contributed by atoms with Crippen molar-refractivity contribution in [3.05, 3.63) is 52.8 Å². The van der Waals surface area contributed by atoms with Crippen LogP contribution in [-0.4, -0.2) is 62.4 Å². The molecule has 1 aromatic carbocycles. The summed E-state index contributed by atoms with van der Waals surface area (Å²) < 4.78 is 2.10. The van der Waals surface area contributed by atoms with E-state index < -0.39 is 0 Å². The van der Waals surface area contributed by atoms with Crippen LogP contribution in [0.25, 0.3) is 0 Å². The largest absolute Gasteiger partial charge is 0.393 e. The van der Waals surface area contributed by atoms with Crippen molar-refractivity contribution >= 4 is 5.91 Å². The number of piperidine rings is 1. The number of aliphatic hydroxyl groups excluding tert-OH is 1. The van der Waals surface area contributed by atoms with Crippen molar-refractivity contribution in [2.24, 2.45) is 0 Å². The van der Waals surface area contributed by atoms with Gasteiger partial charge in [-0.3, -0.25) is 14.4 Å². The summed E-state index contributed by atoms with van der Waals surface area (Å²) in [5.41, 5.74) is 4.32. The number of aromatic nitrogens is 2. The van der Waals surface area contributed by atoms with E-state index in [-0.39, 0.29) is 12.0 Å². The van der Waals surface area contributed by atoms with E-state index >= 15 is 0 Å². The maximum Gasteiger partial charge on any atom is 0.274 e. The molecule has 1 aromatic heterocycles. The molecule has 0 radical (unpaired) electrons. The maximum absolute atomic E-state index is 13.3. The van der Waals surface area contributed by atoms with Crippen LogP contribution in [0.1, 0.15) is 60.4 Å². The molecule has 0 spiro atoms. The van der Waals surface area contributed by atoms with Crippen molar-refractivity contribution in [2.75, 3.05) is 19.6 Å². The van der Waals surface area contributed by atoms with Gasteiger partial charge in [0.05, 0.1) is 6.10 Å². The van der Waals surface area contributed by atoms with Crippen LogP contribution in [0.2, 0.25) is 0 Å². The van der Waals surface area contributed by atoms with Gasteiger partial charge in [0.1, 0.15) is 0 Å². The fourth-order valence-electron chi connectivity index (χ4n) is 4.61. The zero-order valence-electron chi connectivity index (χ0n) is 18.3. The molecule has 6 nitrogen and oxygen atoms in total. The van der Waals surface area contributed by atoms with Gasteiger partial charge in [-0.25, -0.2) is 0 Å². The highest BCUT2D eigenvalue weighted by atomic mass is 16.3. The van der Waals surface area contributed by atoms with Gasteiger partial charge in [-0.15, -0.1) is 0 Å². The van der Waals surface area contributed by atoms with Crippen LogP contribution < -0.4 is 0 Å². The summed E-state index contributed by atoms with van der Waals surface area (Å²) in [5.74, 6) is 0.0329. The van der Waals surface area contributed by atoms with Crippen LogP contribution in [0.5, 0.6) is 0 Å². The summed E-state index contributed by atoms with van der Waals surface area (Å²) in [7, 11) is 0. The molecule has 6 heteroatoms. The van der Waals surface area contributed by atoms with E-state index in [2.05, 4.69) is 47.7 Å². The van der Waals surface area contributed by atoms with Crippen molar-refractivity contribution in [3.63, 3.8) is 0 Å². The highest BCUT2D eigenvalue weighted by molar-refractivity contribution is 5.94. The minimum absolute atomic E-state index is 0.0329. The van der Waals surface area contributed by atoms with Gasteiger partial charge in [0.2, 0.25) is 0 Å². The van der Waals surface area contributed by atoms with E-state index in [0.717, 1.165) is 44.5 Å². The number of benzene rings is 1. The third kappa shape index (κ3) is 4.60. The Hall–Kier alpha value is -2.18. The molecule has 1 saturated heterocycles. The predicted molar refractivity (Wildman–Crippen MR) is 117 cm³/mol. The van der Waals surface area contributed by atoms with Crippen molar-refractivity contribution < 1.29 is 9.90 Å². The zero-order chi connectivity index (χ0) is 21.1. The maximum atomic E-state index is 13.3. The second kappa shape index (κ2) is 9.31. The molecule has 0 atom stereocenters. The van der Waals surface area contributed by atoms with E-state index in [0.29, 0.717) is 37.7 Å². The lowest BCUT2D eigenvalue weighted by Crippen LogP contribution is -2.41. The van der Waals surface area contributed by atoms with Crippen LogP contribution in [-0.2, 0) is 25.9 Å². The predicted octanol–water partition coefficient (Wildman–Crippen LogP) is 2.88. The second-order valence-electron chi connectivity index (χ2n) is 8.92. The number of hydrogen-bond acceptors (Lipinski definition) is 4. The van der Waals surface area contributed by atoms with Gasteiger partial charge in [-0.2, -0.15) is 5.10 Å². The Bertz CT molecular complexity index is 854. The van der Waals surface area contributed by atoms with E-state index in [1.54, 1.807) is 0 Å². The van der Waals surface area contributed by atoms with Gasteiger partial charge in [0, 0.05) is 56.4 Å². The highest BCUT2D eigenvalue weighted by Crippen LogP contribution is 2.26. The molecule has 162 valence electrons. The number of carbonyl (C=O) groups excluding carboxylic acids is 1. The van der Waals surface area contributed by atoms with Crippen LogP contribution in [0.3, 0.4) is 0 Å². The Balaban J connectivity index is 1.53. The molecule has 1 amide bonds. The summed E-state index contributed by atoms with van der Waals surface area (Å²) in [6.45, 7) is 8.30. The lowest BCUT2D eigenvalue weighted by molar-refractivity contribution is 0.0538. The summed E-state index contributed by atoms with van der Waals surface area (Å²) >= 11 is 0. The molecule has 2 aromatic rings. The van der Waals surface area contributed by atoms with Crippen LogP contribution in [0.15, 0.2) is 30.3 Å². The smallest absolute Gasteiger partial charge is 0.274 e. The average molecular weight is 411 g/mol. The first kappa shape index (κ1) is 21.1. The number of aliphatic hydroxyl groups is 1. The van der Waals surface area contributed by atoms with E-state index in [1.165, 1.54) is 11.3 Å².